The maximum Gasteiger partial charge on any atom is 0.341 e. The fraction of sp³-hybridized carbons (Fsp3) is 0.273. The highest BCUT2D eigenvalue weighted by atomic mass is 35.5. The number of aromatic nitrogens is 4. The summed E-state index contributed by atoms with van der Waals surface area (Å²) in [4.78, 5) is 11.8. The van der Waals surface area contributed by atoms with Gasteiger partial charge in [-0.15, -0.1) is 5.10 Å². The predicted octanol–water partition coefficient (Wildman–Crippen LogP) is 1.92. The van der Waals surface area contributed by atoms with Crippen LogP contribution in [0.15, 0.2) is 18.2 Å². The number of nitrogens with zero attached hydrogens (tertiary/aromatic N) is 4. The third kappa shape index (κ3) is 2.87. The summed E-state index contributed by atoms with van der Waals surface area (Å²) in [5.74, 6) is -1.17. The zero-order valence-corrected chi connectivity index (χ0v) is 10.9. The number of hydrogen-bond acceptors (Lipinski definition) is 5. The van der Waals surface area contributed by atoms with Crippen molar-refractivity contribution in [2.24, 2.45) is 7.05 Å². The van der Waals surface area contributed by atoms with Crippen molar-refractivity contribution < 1.29 is 13.9 Å². The maximum atomic E-state index is 13.5. The first-order valence-electron chi connectivity index (χ1n) is 5.37. The van der Waals surface area contributed by atoms with Crippen LogP contribution in [0.5, 0.6) is 0 Å². The van der Waals surface area contributed by atoms with E-state index in [0.29, 0.717) is 5.82 Å². The van der Waals surface area contributed by atoms with E-state index in [0.717, 1.165) is 6.07 Å². The number of tetrazole rings is 1. The topological polar surface area (TPSA) is 69.9 Å². The Morgan fingerprint density at radius 1 is 1.53 bits per heavy atom. The van der Waals surface area contributed by atoms with Crippen molar-refractivity contribution in [2.45, 2.75) is 13.0 Å². The molecule has 0 bridgehead atoms. The largest absolute Gasteiger partial charge is 0.451 e. The highest BCUT2D eigenvalue weighted by Crippen LogP contribution is 2.19. The monoisotopic (exact) mass is 284 g/mol. The van der Waals surface area contributed by atoms with Crippen molar-refractivity contribution in [3.05, 3.63) is 40.4 Å². The molecule has 0 aliphatic rings. The number of esters is 1. The summed E-state index contributed by atoms with van der Waals surface area (Å²) in [6.07, 6.45) is -0.692. The van der Waals surface area contributed by atoms with E-state index in [2.05, 4.69) is 15.5 Å². The first-order chi connectivity index (χ1) is 8.99. The van der Waals surface area contributed by atoms with Gasteiger partial charge in [0, 0.05) is 12.1 Å². The lowest BCUT2D eigenvalue weighted by atomic mass is 10.2. The summed E-state index contributed by atoms with van der Waals surface area (Å²) < 4.78 is 20.0. The van der Waals surface area contributed by atoms with Crippen LogP contribution in [0.1, 0.15) is 29.2 Å². The molecular formula is C11H10ClFN4O2. The third-order valence-corrected chi connectivity index (χ3v) is 2.69. The molecular weight excluding hydrogens is 275 g/mol. The molecule has 100 valence electrons. The van der Waals surface area contributed by atoms with E-state index < -0.39 is 17.9 Å². The van der Waals surface area contributed by atoms with Crippen molar-refractivity contribution in [1.29, 1.82) is 0 Å². The molecule has 6 nitrogen and oxygen atoms in total. The smallest absolute Gasteiger partial charge is 0.341 e. The second-order valence-electron chi connectivity index (χ2n) is 3.83. The lowest BCUT2D eigenvalue weighted by Gasteiger charge is -2.11. The molecule has 0 amide bonds. The zero-order chi connectivity index (χ0) is 14.0. The Morgan fingerprint density at radius 3 is 2.84 bits per heavy atom. The van der Waals surface area contributed by atoms with Crippen LogP contribution in [0.25, 0.3) is 0 Å². The molecule has 1 unspecified atom stereocenters. The van der Waals surface area contributed by atoms with E-state index in [1.165, 1.54) is 16.8 Å². The van der Waals surface area contributed by atoms with Gasteiger partial charge < -0.3 is 4.74 Å². The van der Waals surface area contributed by atoms with Crippen LogP contribution in [0.4, 0.5) is 4.39 Å². The molecule has 0 aliphatic carbocycles. The van der Waals surface area contributed by atoms with Gasteiger partial charge in [-0.05, 0) is 35.5 Å². The molecule has 0 aliphatic heterocycles. The van der Waals surface area contributed by atoms with Crippen LogP contribution >= 0.6 is 11.6 Å². The van der Waals surface area contributed by atoms with Crippen LogP contribution in [0.2, 0.25) is 5.02 Å². The summed E-state index contributed by atoms with van der Waals surface area (Å²) in [5.41, 5.74) is -0.189. The number of aryl methyl sites for hydroxylation is 1. The average Bonchev–Trinajstić information content (AvgIpc) is 2.75. The van der Waals surface area contributed by atoms with Crippen LogP contribution in [-0.4, -0.2) is 26.2 Å². The van der Waals surface area contributed by atoms with E-state index in [1.807, 2.05) is 0 Å². The molecule has 0 N–H and O–H groups in total. The van der Waals surface area contributed by atoms with Crippen molar-refractivity contribution >= 4 is 17.6 Å². The van der Waals surface area contributed by atoms with Gasteiger partial charge in [0.05, 0.1) is 5.56 Å². The number of carbonyl (C=O) groups excluding carboxylic acids is 1. The SMILES string of the molecule is CC(OC(=O)c1ccc(Cl)cc1F)c1nnnn1C. The van der Waals surface area contributed by atoms with Crippen molar-refractivity contribution in [3.8, 4) is 0 Å². The average molecular weight is 285 g/mol. The van der Waals surface area contributed by atoms with Gasteiger partial charge >= 0.3 is 5.97 Å². The van der Waals surface area contributed by atoms with Crippen molar-refractivity contribution in [3.63, 3.8) is 0 Å². The predicted molar refractivity (Wildman–Crippen MR) is 64.0 cm³/mol. The Hall–Kier alpha value is -2.02. The van der Waals surface area contributed by atoms with E-state index in [1.54, 1.807) is 14.0 Å². The van der Waals surface area contributed by atoms with Crippen LogP contribution in [0.3, 0.4) is 0 Å². The van der Waals surface area contributed by atoms with Gasteiger partial charge in [-0.25, -0.2) is 13.9 Å². The molecule has 1 aromatic carbocycles. The van der Waals surface area contributed by atoms with Crippen LogP contribution in [-0.2, 0) is 11.8 Å². The van der Waals surface area contributed by atoms with E-state index in [9.17, 15) is 9.18 Å². The number of halogens is 2. The summed E-state index contributed by atoms with van der Waals surface area (Å²) in [6.45, 7) is 1.59. The molecule has 0 spiro atoms. The Kier molecular flexibility index (Phi) is 3.75. The second kappa shape index (κ2) is 5.31. The Morgan fingerprint density at radius 2 is 2.26 bits per heavy atom. The zero-order valence-electron chi connectivity index (χ0n) is 10.2. The molecule has 2 aromatic rings. The van der Waals surface area contributed by atoms with Crippen LogP contribution < -0.4 is 0 Å². The summed E-state index contributed by atoms with van der Waals surface area (Å²) >= 11 is 5.61. The quantitative estimate of drug-likeness (QED) is 0.805. The number of hydrogen-bond donors (Lipinski definition) is 0. The Labute approximate surface area is 113 Å². The maximum absolute atomic E-state index is 13.5. The summed E-state index contributed by atoms with van der Waals surface area (Å²) in [5, 5.41) is 11.0. The third-order valence-electron chi connectivity index (χ3n) is 2.45. The van der Waals surface area contributed by atoms with Gasteiger partial charge in [-0.2, -0.15) is 0 Å². The summed E-state index contributed by atoms with van der Waals surface area (Å²) in [6, 6.07) is 3.73. The van der Waals surface area contributed by atoms with E-state index in [4.69, 9.17) is 16.3 Å². The molecule has 0 fully saturated rings. The number of rotatable bonds is 3. The summed E-state index contributed by atoms with van der Waals surface area (Å²) in [7, 11) is 1.61. The standard InChI is InChI=1S/C11H10ClFN4O2/c1-6(10-14-15-16-17(10)2)19-11(18)8-4-3-7(12)5-9(8)13/h3-6H,1-2H3. The lowest BCUT2D eigenvalue weighted by Crippen LogP contribution is -2.14. The number of ether oxygens (including phenoxy) is 1. The van der Waals surface area contributed by atoms with E-state index >= 15 is 0 Å². The first-order valence-corrected chi connectivity index (χ1v) is 5.75. The van der Waals surface area contributed by atoms with Gasteiger partial charge in [0.15, 0.2) is 11.9 Å². The first kappa shape index (κ1) is 13.4. The molecule has 1 aromatic heterocycles. The normalized spacial score (nSPS) is 12.2. The van der Waals surface area contributed by atoms with Crippen molar-refractivity contribution in [1.82, 2.24) is 20.2 Å². The fourth-order valence-corrected chi connectivity index (χ4v) is 1.67. The fourth-order valence-electron chi connectivity index (χ4n) is 1.51. The molecule has 0 saturated carbocycles. The minimum Gasteiger partial charge on any atom is -0.451 e. The number of carbonyl (C=O) groups is 1. The highest BCUT2D eigenvalue weighted by molar-refractivity contribution is 6.30. The van der Waals surface area contributed by atoms with Gasteiger partial charge in [0.25, 0.3) is 0 Å². The van der Waals surface area contributed by atoms with Crippen LogP contribution in [0, 0.1) is 5.82 Å². The second-order valence-corrected chi connectivity index (χ2v) is 4.27. The molecule has 1 atom stereocenters. The molecule has 8 heteroatoms. The number of benzene rings is 1. The molecule has 1 heterocycles. The van der Waals surface area contributed by atoms with Gasteiger partial charge in [-0.3, -0.25) is 0 Å². The van der Waals surface area contributed by atoms with E-state index in [-0.39, 0.29) is 10.6 Å². The lowest BCUT2D eigenvalue weighted by molar-refractivity contribution is 0.0307. The minimum absolute atomic E-state index is 0.189. The van der Waals surface area contributed by atoms with Gasteiger partial charge in [0.1, 0.15) is 5.82 Å². The highest BCUT2D eigenvalue weighted by Gasteiger charge is 2.20. The Balaban J connectivity index is 2.15. The molecule has 0 radical (unpaired) electrons. The Bertz CT molecular complexity index is 616. The molecule has 19 heavy (non-hydrogen) atoms. The molecule has 2 rings (SSSR count). The van der Waals surface area contributed by atoms with Gasteiger partial charge in [0.2, 0.25) is 0 Å². The minimum atomic E-state index is -0.801. The van der Waals surface area contributed by atoms with Gasteiger partial charge in [-0.1, -0.05) is 11.6 Å². The van der Waals surface area contributed by atoms with Crippen molar-refractivity contribution in [2.75, 3.05) is 0 Å². The molecule has 0 saturated heterocycles.